The molecule has 1 N–H and O–H groups in total. The van der Waals surface area contributed by atoms with Gasteiger partial charge in [-0.05, 0) is 17.5 Å². The van der Waals surface area contributed by atoms with Crippen LogP contribution in [0.3, 0.4) is 0 Å². The molecule has 1 fully saturated rings. The van der Waals surface area contributed by atoms with Gasteiger partial charge in [-0.25, -0.2) is 9.69 Å². The Morgan fingerprint density at radius 3 is 2.40 bits per heavy atom. The standard InChI is InChI=1S/C20H21NO4/c1-14(18(22)16-10-6-3-7-11-16)19(23)21-17(13-25-20(21)24)12-15-8-4-2-5-9-15/h2-11,14,17-18,22H,12-13H2,1H3/t14-,17+,18+/m1/s1. The summed E-state index contributed by atoms with van der Waals surface area (Å²) in [6.45, 7) is 1.80. The highest BCUT2D eigenvalue weighted by Gasteiger charge is 2.41. The lowest BCUT2D eigenvalue weighted by atomic mass is 9.95. The van der Waals surface area contributed by atoms with E-state index in [1.165, 1.54) is 0 Å². The van der Waals surface area contributed by atoms with Gasteiger partial charge in [0.05, 0.1) is 18.1 Å². The van der Waals surface area contributed by atoms with Gasteiger partial charge in [-0.15, -0.1) is 0 Å². The van der Waals surface area contributed by atoms with E-state index in [1.807, 2.05) is 36.4 Å². The van der Waals surface area contributed by atoms with Gasteiger partial charge in [-0.1, -0.05) is 67.6 Å². The second-order valence-electron chi connectivity index (χ2n) is 6.27. The van der Waals surface area contributed by atoms with Crippen LogP contribution in [0.2, 0.25) is 0 Å². The third-order valence-corrected chi connectivity index (χ3v) is 4.52. The fourth-order valence-electron chi connectivity index (χ4n) is 3.06. The molecule has 0 unspecified atom stereocenters. The van der Waals surface area contributed by atoms with Gasteiger partial charge in [0, 0.05) is 0 Å². The Labute approximate surface area is 146 Å². The van der Waals surface area contributed by atoms with E-state index in [-0.39, 0.29) is 12.6 Å². The number of nitrogens with zero attached hydrogens (tertiary/aromatic N) is 1. The van der Waals surface area contributed by atoms with Crippen LogP contribution in [-0.2, 0) is 16.0 Å². The highest BCUT2D eigenvalue weighted by atomic mass is 16.6. The number of imide groups is 1. The monoisotopic (exact) mass is 339 g/mol. The predicted octanol–water partition coefficient (Wildman–Crippen LogP) is 2.95. The summed E-state index contributed by atoms with van der Waals surface area (Å²) < 4.78 is 5.09. The number of carbonyl (C=O) groups is 2. The average Bonchev–Trinajstić information content (AvgIpc) is 3.01. The van der Waals surface area contributed by atoms with Crippen molar-refractivity contribution >= 4 is 12.0 Å². The van der Waals surface area contributed by atoms with E-state index < -0.39 is 24.0 Å². The van der Waals surface area contributed by atoms with Crippen molar-refractivity contribution in [2.75, 3.05) is 6.61 Å². The molecule has 1 aliphatic rings. The molecular weight excluding hydrogens is 318 g/mol. The van der Waals surface area contributed by atoms with Crippen LogP contribution in [0.25, 0.3) is 0 Å². The summed E-state index contributed by atoms with van der Waals surface area (Å²) in [6, 6.07) is 18.3. The Balaban J connectivity index is 1.75. The van der Waals surface area contributed by atoms with E-state index >= 15 is 0 Å². The van der Waals surface area contributed by atoms with Crippen molar-refractivity contribution in [3.05, 3.63) is 71.8 Å². The van der Waals surface area contributed by atoms with Crippen molar-refractivity contribution in [1.82, 2.24) is 4.90 Å². The van der Waals surface area contributed by atoms with Crippen molar-refractivity contribution < 1.29 is 19.4 Å². The summed E-state index contributed by atoms with van der Waals surface area (Å²) in [7, 11) is 0. The second-order valence-corrected chi connectivity index (χ2v) is 6.27. The van der Waals surface area contributed by atoms with Gasteiger partial charge in [0.15, 0.2) is 0 Å². The molecule has 0 spiro atoms. The van der Waals surface area contributed by atoms with Crippen LogP contribution < -0.4 is 0 Å². The van der Waals surface area contributed by atoms with Gasteiger partial charge < -0.3 is 9.84 Å². The summed E-state index contributed by atoms with van der Waals surface area (Å²) in [4.78, 5) is 26.1. The quantitative estimate of drug-likeness (QED) is 0.909. The second kappa shape index (κ2) is 7.49. The molecule has 1 saturated heterocycles. The molecule has 5 heteroatoms. The molecule has 0 aliphatic carbocycles. The van der Waals surface area contributed by atoms with Crippen LogP contribution in [0.15, 0.2) is 60.7 Å². The van der Waals surface area contributed by atoms with E-state index in [1.54, 1.807) is 31.2 Å². The van der Waals surface area contributed by atoms with Crippen LogP contribution in [0.1, 0.15) is 24.2 Å². The first-order chi connectivity index (χ1) is 12.1. The average molecular weight is 339 g/mol. The Morgan fingerprint density at radius 2 is 1.76 bits per heavy atom. The normalized spacial score (nSPS) is 19.4. The minimum atomic E-state index is -0.973. The SMILES string of the molecule is C[C@@H](C(=O)N1C(=O)OC[C@@H]1Cc1ccccc1)[C@H](O)c1ccccc1. The smallest absolute Gasteiger partial charge is 0.416 e. The molecule has 1 aliphatic heterocycles. The maximum Gasteiger partial charge on any atom is 0.416 e. The number of aliphatic hydroxyl groups is 1. The van der Waals surface area contributed by atoms with Crippen molar-refractivity contribution in [2.24, 2.45) is 5.92 Å². The number of rotatable bonds is 5. The van der Waals surface area contributed by atoms with Gasteiger partial charge in [0.1, 0.15) is 6.61 Å². The molecule has 5 nitrogen and oxygen atoms in total. The molecule has 1 heterocycles. The molecule has 3 rings (SSSR count). The zero-order valence-corrected chi connectivity index (χ0v) is 14.0. The first kappa shape index (κ1) is 17.2. The van der Waals surface area contributed by atoms with Crippen LogP contribution in [0.4, 0.5) is 4.79 Å². The van der Waals surface area contributed by atoms with Gasteiger partial charge in [-0.3, -0.25) is 4.79 Å². The first-order valence-electron chi connectivity index (χ1n) is 8.34. The number of hydrogen-bond acceptors (Lipinski definition) is 4. The number of aliphatic hydroxyl groups excluding tert-OH is 1. The van der Waals surface area contributed by atoms with Crippen LogP contribution in [0.5, 0.6) is 0 Å². The highest BCUT2D eigenvalue weighted by molar-refractivity contribution is 5.95. The molecule has 2 aromatic rings. The van der Waals surface area contributed by atoms with Crippen molar-refractivity contribution in [3.8, 4) is 0 Å². The summed E-state index contributed by atoms with van der Waals surface area (Å²) in [5.74, 6) is -1.16. The zero-order chi connectivity index (χ0) is 17.8. The molecule has 0 radical (unpaired) electrons. The lowest BCUT2D eigenvalue weighted by Crippen LogP contribution is -2.44. The van der Waals surface area contributed by atoms with Gasteiger partial charge in [-0.2, -0.15) is 0 Å². The number of cyclic esters (lactones) is 1. The van der Waals surface area contributed by atoms with E-state index in [0.717, 1.165) is 10.5 Å². The molecule has 0 aromatic heterocycles. The minimum Gasteiger partial charge on any atom is -0.447 e. The molecule has 3 atom stereocenters. The molecule has 0 bridgehead atoms. The van der Waals surface area contributed by atoms with Crippen molar-refractivity contribution in [3.63, 3.8) is 0 Å². The third-order valence-electron chi connectivity index (χ3n) is 4.52. The number of amides is 2. The highest BCUT2D eigenvalue weighted by Crippen LogP contribution is 2.27. The molecule has 0 saturated carbocycles. The predicted molar refractivity (Wildman–Crippen MR) is 92.7 cm³/mol. The van der Waals surface area contributed by atoms with E-state index in [2.05, 4.69) is 0 Å². The lowest BCUT2D eigenvalue weighted by Gasteiger charge is -2.25. The fourth-order valence-corrected chi connectivity index (χ4v) is 3.06. The van der Waals surface area contributed by atoms with Gasteiger partial charge in [0.25, 0.3) is 0 Å². The summed E-state index contributed by atoms with van der Waals surface area (Å²) in [5.41, 5.74) is 1.68. The minimum absolute atomic E-state index is 0.174. The Hall–Kier alpha value is -2.66. The molecule has 2 aromatic carbocycles. The van der Waals surface area contributed by atoms with Crippen molar-refractivity contribution in [2.45, 2.75) is 25.5 Å². The number of benzene rings is 2. The van der Waals surface area contributed by atoms with Gasteiger partial charge >= 0.3 is 6.09 Å². The third kappa shape index (κ3) is 3.72. The van der Waals surface area contributed by atoms with Crippen LogP contribution >= 0.6 is 0 Å². The van der Waals surface area contributed by atoms with Crippen LogP contribution in [0, 0.1) is 5.92 Å². The van der Waals surface area contributed by atoms with E-state index in [4.69, 9.17) is 4.74 Å². The topological polar surface area (TPSA) is 66.8 Å². The largest absolute Gasteiger partial charge is 0.447 e. The summed E-state index contributed by atoms with van der Waals surface area (Å²) in [6.07, 6.45) is -1.08. The maximum absolute atomic E-state index is 12.8. The lowest BCUT2D eigenvalue weighted by molar-refractivity contribution is -0.136. The summed E-state index contributed by atoms with van der Waals surface area (Å²) in [5, 5.41) is 10.5. The van der Waals surface area contributed by atoms with E-state index in [0.29, 0.717) is 12.0 Å². The summed E-state index contributed by atoms with van der Waals surface area (Å²) >= 11 is 0. The Bertz CT molecular complexity index is 732. The number of carbonyl (C=O) groups excluding carboxylic acids is 2. The molecule has 130 valence electrons. The van der Waals surface area contributed by atoms with Gasteiger partial charge in [0.2, 0.25) is 5.91 Å². The first-order valence-corrected chi connectivity index (χ1v) is 8.34. The number of ether oxygens (including phenoxy) is 1. The number of hydrogen-bond donors (Lipinski definition) is 1. The Kier molecular flexibility index (Phi) is 5.14. The zero-order valence-electron chi connectivity index (χ0n) is 14.0. The van der Waals surface area contributed by atoms with Crippen molar-refractivity contribution in [1.29, 1.82) is 0 Å². The maximum atomic E-state index is 12.8. The molecule has 2 amide bonds. The Morgan fingerprint density at radius 1 is 1.16 bits per heavy atom. The molecule has 25 heavy (non-hydrogen) atoms. The van der Waals surface area contributed by atoms with E-state index in [9.17, 15) is 14.7 Å². The van der Waals surface area contributed by atoms with Crippen LogP contribution in [-0.4, -0.2) is 34.7 Å². The molecular formula is C20H21NO4. The fraction of sp³-hybridized carbons (Fsp3) is 0.300.